The minimum atomic E-state index is -0.976. The number of anilines is 2. The maximum atomic E-state index is 12.2. The summed E-state index contributed by atoms with van der Waals surface area (Å²) < 4.78 is 1.62. The number of benzene rings is 1. The molecule has 0 amide bonds. The topological polar surface area (TPSA) is 113 Å². The third-order valence-electron chi connectivity index (χ3n) is 5.03. The lowest BCUT2D eigenvalue weighted by Gasteiger charge is -2.29. The van der Waals surface area contributed by atoms with Crippen LogP contribution in [0.4, 0.5) is 11.5 Å². The fraction of sp³-hybridized carbons (Fsp3) is 0.450. The summed E-state index contributed by atoms with van der Waals surface area (Å²) in [6.45, 7) is 3.82. The quantitative estimate of drug-likeness (QED) is 0.595. The van der Waals surface area contributed by atoms with Crippen molar-refractivity contribution >= 4 is 17.5 Å². The van der Waals surface area contributed by atoms with Gasteiger partial charge in [0.15, 0.2) is 0 Å². The van der Waals surface area contributed by atoms with Gasteiger partial charge in [-0.1, -0.05) is 0 Å². The highest BCUT2D eigenvalue weighted by Gasteiger charge is 2.15. The van der Waals surface area contributed by atoms with Gasteiger partial charge in [0.1, 0.15) is 5.82 Å². The van der Waals surface area contributed by atoms with Crippen LogP contribution in [0.3, 0.4) is 0 Å². The summed E-state index contributed by atoms with van der Waals surface area (Å²) >= 11 is 0. The van der Waals surface area contributed by atoms with E-state index in [9.17, 15) is 9.59 Å². The molecular formula is C20H27N5O3. The van der Waals surface area contributed by atoms with Crippen molar-refractivity contribution in [2.24, 2.45) is 5.73 Å². The van der Waals surface area contributed by atoms with Gasteiger partial charge in [-0.2, -0.15) is 4.98 Å². The molecule has 150 valence electrons. The van der Waals surface area contributed by atoms with Crippen LogP contribution < -0.4 is 16.7 Å². The number of nitrogens with zero attached hydrogens (tertiary/aromatic N) is 3. The van der Waals surface area contributed by atoms with Gasteiger partial charge < -0.3 is 21.1 Å². The molecule has 1 aromatic carbocycles. The molecule has 0 atom stereocenters. The van der Waals surface area contributed by atoms with Gasteiger partial charge in [-0.15, -0.1) is 0 Å². The second-order valence-electron chi connectivity index (χ2n) is 7.18. The lowest BCUT2D eigenvalue weighted by Crippen LogP contribution is -2.40. The predicted molar refractivity (Wildman–Crippen MR) is 108 cm³/mol. The Hall–Kier alpha value is -2.71. The van der Waals surface area contributed by atoms with Crippen molar-refractivity contribution in [3.8, 4) is 0 Å². The van der Waals surface area contributed by atoms with E-state index in [2.05, 4.69) is 15.2 Å². The number of hydrogen-bond donors (Lipinski definition) is 3. The molecule has 1 aromatic heterocycles. The van der Waals surface area contributed by atoms with Gasteiger partial charge in [0.2, 0.25) is 0 Å². The Bertz CT molecular complexity index is 842. The summed E-state index contributed by atoms with van der Waals surface area (Å²) in [7, 11) is 0. The van der Waals surface area contributed by atoms with Crippen molar-refractivity contribution in [2.75, 3.05) is 25.0 Å². The zero-order chi connectivity index (χ0) is 19.9. The molecule has 1 aliphatic heterocycles. The number of aromatic carboxylic acids is 1. The van der Waals surface area contributed by atoms with Crippen molar-refractivity contribution in [3.05, 3.63) is 52.6 Å². The van der Waals surface area contributed by atoms with Gasteiger partial charge in [0, 0.05) is 24.5 Å². The van der Waals surface area contributed by atoms with Crippen molar-refractivity contribution < 1.29 is 9.90 Å². The number of carbonyl (C=O) groups is 1. The number of likely N-dealkylation sites (tertiary alicyclic amines) is 1. The second-order valence-corrected chi connectivity index (χ2v) is 7.18. The molecule has 3 rings (SSSR count). The van der Waals surface area contributed by atoms with Gasteiger partial charge in [-0.05, 0) is 75.6 Å². The molecule has 0 spiro atoms. The molecule has 0 saturated carbocycles. The average Bonchev–Trinajstić information content (AvgIpc) is 2.68. The summed E-state index contributed by atoms with van der Waals surface area (Å²) in [5, 5.41) is 11.9. The van der Waals surface area contributed by atoms with Crippen molar-refractivity contribution in [1.29, 1.82) is 0 Å². The summed E-state index contributed by atoms with van der Waals surface area (Å²) in [4.78, 5) is 29.6. The van der Waals surface area contributed by atoms with Crippen molar-refractivity contribution in [3.63, 3.8) is 0 Å². The SMILES string of the molecule is NC1CCN(CCCCn2ccc(Nc3ccc(C(=O)O)cc3)nc2=O)CC1. The number of aryl methyl sites for hydroxylation is 1. The molecule has 2 aromatic rings. The molecule has 1 fully saturated rings. The number of nitrogens with one attached hydrogen (secondary N) is 1. The van der Waals surface area contributed by atoms with Gasteiger partial charge in [-0.3, -0.25) is 4.57 Å². The Labute approximate surface area is 164 Å². The third kappa shape index (κ3) is 5.64. The van der Waals surface area contributed by atoms with E-state index in [1.165, 1.54) is 12.1 Å². The molecule has 0 unspecified atom stereocenters. The summed E-state index contributed by atoms with van der Waals surface area (Å²) in [6, 6.07) is 8.39. The maximum Gasteiger partial charge on any atom is 0.349 e. The van der Waals surface area contributed by atoms with E-state index in [4.69, 9.17) is 10.8 Å². The number of carboxylic acid groups (broad SMARTS) is 1. The third-order valence-corrected chi connectivity index (χ3v) is 5.03. The predicted octanol–water partition coefficient (Wildman–Crippen LogP) is 1.89. The van der Waals surface area contributed by atoms with Gasteiger partial charge in [0.05, 0.1) is 5.56 Å². The van der Waals surface area contributed by atoms with E-state index < -0.39 is 5.97 Å². The zero-order valence-electron chi connectivity index (χ0n) is 15.9. The Morgan fingerprint density at radius 3 is 2.46 bits per heavy atom. The highest BCUT2D eigenvalue weighted by molar-refractivity contribution is 5.88. The molecule has 4 N–H and O–H groups in total. The van der Waals surface area contributed by atoms with Crippen LogP contribution >= 0.6 is 0 Å². The minimum absolute atomic E-state index is 0.210. The molecule has 8 nitrogen and oxygen atoms in total. The first-order chi connectivity index (χ1) is 13.5. The highest BCUT2D eigenvalue weighted by Crippen LogP contribution is 2.14. The second kappa shape index (κ2) is 9.48. The Morgan fingerprint density at radius 2 is 1.82 bits per heavy atom. The van der Waals surface area contributed by atoms with Crippen LogP contribution in [0.25, 0.3) is 0 Å². The van der Waals surface area contributed by atoms with Crippen LogP contribution in [0.1, 0.15) is 36.0 Å². The monoisotopic (exact) mass is 385 g/mol. The van der Waals surface area contributed by atoms with E-state index >= 15 is 0 Å². The number of carboxylic acids is 1. The molecule has 28 heavy (non-hydrogen) atoms. The molecule has 1 aliphatic rings. The average molecular weight is 385 g/mol. The number of aromatic nitrogens is 2. The van der Waals surface area contributed by atoms with E-state index in [1.807, 2.05) is 0 Å². The first kappa shape index (κ1) is 20.0. The minimum Gasteiger partial charge on any atom is -0.478 e. The van der Waals surface area contributed by atoms with Crippen molar-refractivity contribution in [2.45, 2.75) is 38.3 Å². The smallest absolute Gasteiger partial charge is 0.349 e. The number of hydrogen-bond acceptors (Lipinski definition) is 6. The van der Waals surface area contributed by atoms with E-state index in [-0.39, 0.29) is 11.3 Å². The molecule has 0 radical (unpaired) electrons. The van der Waals surface area contributed by atoms with Gasteiger partial charge in [-0.25, -0.2) is 9.59 Å². The summed E-state index contributed by atoms with van der Waals surface area (Å²) in [5.41, 5.74) is 6.51. The van der Waals surface area contributed by atoms with Crippen LogP contribution in [0, 0.1) is 0 Å². The molecule has 1 saturated heterocycles. The van der Waals surface area contributed by atoms with E-state index in [0.29, 0.717) is 24.1 Å². The standard InChI is InChI=1S/C20H27N5O3/c21-16-7-12-24(13-8-16)10-1-2-11-25-14-9-18(23-20(25)28)22-17-5-3-15(4-6-17)19(26)27/h3-6,9,14,16H,1-2,7-8,10-13,21H2,(H,26,27)(H,22,23,28). The Kier molecular flexibility index (Phi) is 6.78. The molecule has 8 heteroatoms. The number of rotatable bonds is 8. The molecular weight excluding hydrogens is 358 g/mol. The lowest BCUT2D eigenvalue weighted by atomic mass is 10.1. The van der Waals surface area contributed by atoms with Crippen LogP contribution in [0.2, 0.25) is 0 Å². The summed E-state index contributed by atoms with van der Waals surface area (Å²) in [6.07, 6.45) is 5.84. The van der Waals surface area contributed by atoms with Gasteiger partial charge >= 0.3 is 11.7 Å². The number of piperidine rings is 1. The normalized spacial score (nSPS) is 15.5. The zero-order valence-corrected chi connectivity index (χ0v) is 15.9. The van der Waals surface area contributed by atoms with E-state index in [0.717, 1.165) is 45.3 Å². The fourth-order valence-corrected chi connectivity index (χ4v) is 3.31. The Balaban J connectivity index is 1.47. The van der Waals surface area contributed by atoms with E-state index in [1.54, 1.807) is 29.0 Å². The molecule has 0 aliphatic carbocycles. The maximum absolute atomic E-state index is 12.2. The number of unbranched alkanes of at least 4 members (excludes halogenated alkanes) is 1. The van der Waals surface area contributed by atoms with Crippen LogP contribution in [0.15, 0.2) is 41.3 Å². The molecule has 0 bridgehead atoms. The largest absolute Gasteiger partial charge is 0.478 e. The lowest BCUT2D eigenvalue weighted by molar-refractivity contribution is 0.0697. The molecule has 2 heterocycles. The first-order valence-corrected chi connectivity index (χ1v) is 9.67. The van der Waals surface area contributed by atoms with Crippen LogP contribution in [-0.2, 0) is 6.54 Å². The van der Waals surface area contributed by atoms with Gasteiger partial charge in [0.25, 0.3) is 0 Å². The fourth-order valence-electron chi connectivity index (χ4n) is 3.31. The summed E-state index contributed by atoms with van der Waals surface area (Å²) in [5.74, 6) is -0.537. The van der Waals surface area contributed by atoms with Crippen LogP contribution in [0.5, 0.6) is 0 Å². The van der Waals surface area contributed by atoms with Crippen molar-refractivity contribution in [1.82, 2.24) is 14.5 Å². The Morgan fingerprint density at radius 1 is 1.14 bits per heavy atom. The number of nitrogens with two attached hydrogens (primary N) is 1. The first-order valence-electron chi connectivity index (χ1n) is 9.67. The highest BCUT2D eigenvalue weighted by atomic mass is 16.4. The van der Waals surface area contributed by atoms with Crippen LogP contribution in [-0.4, -0.2) is 51.2 Å².